The van der Waals surface area contributed by atoms with Gasteiger partial charge in [0.15, 0.2) is 0 Å². The minimum atomic E-state index is -0.345. The highest BCUT2D eigenvalue weighted by Gasteiger charge is 2.37. The number of aromatic nitrogens is 2. The zero-order valence-corrected chi connectivity index (χ0v) is 19.8. The Balaban J connectivity index is 1.71. The number of carbonyl (C=O) groups is 2. The third kappa shape index (κ3) is 2.58. The summed E-state index contributed by atoms with van der Waals surface area (Å²) in [5.74, 6) is -0.682. The monoisotopic (exact) mass is 479 g/mol. The van der Waals surface area contributed by atoms with E-state index in [1.54, 1.807) is 0 Å². The van der Waals surface area contributed by atoms with Crippen LogP contribution in [0.25, 0.3) is 49.3 Å². The Kier molecular flexibility index (Phi) is 4.01. The van der Waals surface area contributed by atoms with Gasteiger partial charge in [0.05, 0.1) is 33.7 Å². The van der Waals surface area contributed by atoms with Gasteiger partial charge in [-0.2, -0.15) is 0 Å². The molecular weight excluding hydrogens is 458 g/mol. The van der Waals surface area contributed by atoms with Crippen molar-refractivity contribution in [2.24, 2.45) is 0 Å². The van der Waals surface area contributed by atoms with E-state index in [2.05, 4.69) is 63.0 Å². The molecule has 5 nitrogen and oxygen atoms in total. The number of carbonyl (C=O) groups excluding carboxylic acids is 2. The van der Waals surface area contributed by atoms with Gasteiger partial charge in [-0.3, -0.25) is 14.9 Å². The molecule has 1 N–H and O–H groups in total. The van der Waals surface area contributed by atoms with Gasteiger partial charge in [0.1, 0.15) is 0 Å². The molecule has 0 fully saturated rings. The summed E-state index contributed by atoms with van der Waals surface area (Å²) in [6, 6.07) is 26.7. The predicted octanol–water partition coefficient (Wildman–Crippen LogP) is 6.83. The lowest BCUT2D eigenvalue weighted by molar-refractivity contribution is 0.0880. The summed E-state index contributed by atoms with van der Waals surface area (Å²) in [6.07, 6.45) is 9.25. The highest BCUT2D eigenvalue weighted by molar-refractivity contribution is 6.39. The highest BCUT2D eigenvalue weighted by Crippen LogP contribution is 2.47. The Morgan fingerprint density at radius 1 is 0.676 bits per heavy atom. The van der Waals surface area contributed by atoms with Crippen molar-refractivity contribution in [2.45, 2.75) is 12.5 Å². The number of para-hydroxylation sites is 3. The van der Waals surface area contributed by atoms with Crippen LogP contribution >= 0.6 is 0 Å². The van der Waals surface area contributed by atoms with E-state index in [0.717, 1.165) is 55.7 Å². The summed E-state index contributed by atoms with van der Waals surface area (Å²) >= 11 is 0. The van der Waals surface area contributed by atoms with Crippen LogP contribution in [0.4, 0.5) is 0 Å². The van der Waals surface area contributed by atoms with Crippen LogP contribution in [0, 0.1) is 0 Å². The van der Waals surface area contributed by atoms with Crippen LogP contribution < -0.4 is 5.32 Å². The average molecular weight is 480 g/mol. The first-order valence-electron chi connectivity index (χ1n) is 12.5. The van der Waals surface area contributed by atoms with Gasteiger partial charge in [-0.1, -0.05) is 78.9 Å². The van der Waals surface area contributed by atoms with E-state index in [1.807, 2.05) is 54.6 Å². The quantitative estimate of drug-likeness (QED) is 0.277. The number of imide groups is 1. The van der Waals surface area contributed by atoms with E-state index >= 15 is 0 Å². The van der Waals surface area contributed by atoms with Crippen molar-refractivity contribution in [2.75, 3.05) is 0 Å². The van der Waals surface area contributed by atoms with Gasteiger partial charge in [0, 0.05) is 32.7 Å². The summed E-state index contributed by atoms with van der Waals surface area (Å²) in [6.45, 7) is 0. The van der Waals surface area contributed by atoms with Gasteiger partial charge in [-0.15, -0.1) is 0 Å². The predicted molar refractivity (Wildman–Crippen MR) is 148 cm³/mol. The molecule has 37 heavy (non-hydrogen) atoms. The number of nitrogens with zero attached hydrogens (tertiary/aromatic N) is 2. The second-order valence-electron chi connectivity index (χ2n) is 9.67. The SMILES string of the molecule is O=C1NC(=O)c2c1c1c(c3ccccc3n1-c1ccccc1)c1c3ccccc3n(C3C=CC=CC3)c21. The van der Waals surface area contributed by atoms with Crippen LogP contribution in [0.5, 0.6) is 0 Å². The molecule has 1 aliphatic heterocycles. The fourth-order valence-electron chi connectivity index (χ4n) is 6.35. The first kappa shape index (κ1) is 20.3. The minimum absolute atomic E-state index is 0.0416. The number of allylic oxidation sites excluding steroid dienone is 4. The molecule has 8 rings (SSSR count). The number of benzene rings is 4. The average Bonchev–Trinajstić information content (AvgIpc) is 3.56. The molecule has 0 saturated heterocycles. The zero-order valence-electron chi connectivity index (χ0n) is 19.8. The summed E-state index contributed by atoms with van der Waals surface area (Å²) in [7, 11) is 0. The van der Waals surface area contributed by atoms with E-state index in [4.69, 9.17) is 0 Å². The number of hydrogen-bond acceptors (Lipinski definition) is 2. The van der Waals surface area contributed by atoms with Crippen LogP contribution in [0.3, 0.4) is 0 Å². The fourth-order valence-corrected chi connectivity index (χ4v) is 6.35. The lowest BCUT2D eigenvalue weighted by Gasteiger charge is -2.19. The smallest absolute Gasteiger partial charge is 0.261 e. The number of nitrogens with one attached hydrogen (secondary N) is 1. The Hall–Kier alpha value is -4.90. The van der Waals surface area contributed by atoms with Crippen molar-refractivity contribution in [1.29, 1.82) is 0 Å². The van der Waals surface area contributed by atoms with E-state index in [-0.39, 0.29) is 17.9 Å². The molecule has 0 spiro atoms. The Morgan fingerprint density at radius 2 is 1.30 bits per heavy atom. The summed E-state index contributed by atoms with van der Waals surface area (Å²) in [5, 5.41) is 6.79. The first-order chi connectivity index (χ1) is 18.2. The van der Waals surface area contributed by atoms with Crippen LogP contribution in [0.2, 0.25) is 0 Å². The maximum atomic E-state index is 13.5. The van der Waals surface area contributed by atoms with Gasteiger partial charge in [0.2, 0.25) is 0 Å². The third-order valence-corrected chi connectivity index (χ3v) is 7.74. The van der Waals surface area contributed by atoms with E-state index in [1.165, 1.54) is 0 Å². The largest absolute Gasteiger partial charge is 0.332 e. The van der Waals surface area contributed by atoms with Gasteiger partial charge in [-0.05, 0) is 30.7 Å². The van der Waals surface area contributed by atoms with Crippen molar-refractivity contribution in [3.8, 4) is 5.69 Å². The Morgan fingerprint density at radius 3 is 2.03 bits per heavy atom. The molecule has 176 valence electrons. The van der Waals surface area contributed by atoms with Crippen molar-refractivity contribution in [1.82, 2.24) is 14.5 Å². The summed E-state index contributed by atoms with van der Waals surface area (Å²) in [5.41, 5.74) is 5.53. The third-order valence-electron chi connectivity index (χ3n) is 7.74. The molecule has 0 radical (unpaired) electrons. The van der Waals surface area contributed by atoms with Gasteiger partial charge < -0.3 is 9.13 Å². The molecule has 2 aliphatic rings. The summed E-state index contributed by atoms with van der Waals surface area (Å²) < 4.78 is 4.40. The lowest BCUT2D eigenvalue weighted by Crippen LogP contribution is -2.20. The van der Waals surface area contributed by atoms with E-state index < -0.39 is 0 Å². The van der Waals surface area contributed by atoms with Gasteiger partial charge in [0.25, 0.3) is 11.8 Å². The molecule has 3 heterocycles. The molecule has 0 bridgehead atoms. The fraction of sp³-hybridized carbons (Fsp3) is 0.0625. The second kappa shape index (κ2) is 7.31. The van der Waals surface area contributed by atoms with Crippen molar-refractivity contribution < 1.29 is 9.59 Å². The standard InChI is InChI=1S/C32H21N3O2/c36-31-27-28(32(37)33-31)30-26(22-16-8-10-18-24(22)35(30)20-13-5-2-6-14-20)25-21-15-7-9-17-23(21)34(29(25)27)19-11-3-1-4-12-19/h1-13,15-18,20H,14H2,(H,33,36,37). The topological polar surface area (TPSA) is 56.0 Å². The number of rotatable bonds is 2. The molecule has 1 aliphatic carbocycles. The number of hydrogen-bond donors (Lipinski definition) is 1. The molecule has 4 aromatic carbocycles. The molecule has 1 unspecified atom stereocenters. The van der Waals surface area contributed by atoms with Gasteiger partial charge in [-0.25, -0.2) is 0 Å². The minimum Gasteiger partial charge on any atom is -0.332 e. The molecule has 5 heteroatoms. The van der Waals surface area contributed by atoms with Gasteiger partial charge >= 0.3 is 0 Å². The van der Waals surface area contributed by atoms with Crippen LogP contribution in [-0.2, 0) is 0 Å². The highest BCUT2D eigenvalue weighted by atomic mass is 16.2. The Bertz CT molecular complexity index is 2020. The molecular formula is C32H21N3O2. The molecule has 6 aromatic rings. The molecule has 1 atom stereocenters. The number of amides is 2. The lowest BCUT2D eigenvalue weighted by atomic mass is 9.97. The van der Waals surface area contributed by atoms with Crippen LogP contribution in [-0.4, -0.2) is 20.9 Å². The van der Waals surface area contributed by atoms with Crippen molar-refractivity contribution in [3.63, 3.8) is 0 Å². The second-order valence-corrected chi connectivity index (χ2v) is 9.67. The zero-order chi connectivity index (χ0) is 24.7. The molecule has 2 aromatic heterocycles. The molecule has 2 amide bonds. The molecule has 0 saturated carbocycles. The van der Waals surface area contributed by atoms with Crippen molar-refractivity contribution >= 4 is 55.4 Å². The summed E-state index contributed by atoms with van der Waals surface area (Å²) in [4.78, 5) is 27.0. The van der Waals surface area contributed by atoms with Crippen LogP contribution in [0.1, 0.15) is 33.2 Å². The van der Waals surface area contributed by atoms with Crippen LogP contribution in [0.15, 0.2) is 103 Å². The van der Waals surface area contributed by atoms with Crippen molar-refractivity contribution in [3.05, 3.63) is 114 Å². The first-order valence-corrected chi connectivity index (χ1v) is 12.5. The maximum Gasteiger partial charge on any atom is 0.261 e. The Labute approximate surface area is 211 Å². The normalized spacial score (nSPS) is 16.9. The maximum absolute atomic E-state index is 13.5. The van der Waals surface area contributed by atoms with E-state index in [0.29, 0.717) is 11.1 Å². The van der Waals surface area contributed by atoms with E-state index in [9.17, 15) is 9.59 Å². The number of fused-ring (bicyclic) bond motifs is 10.